The first-order chi connectivity index (χ1) is 23.6. The second-order valence-corrected chi connectivity index (χ2v) is 9.83. The van der Waals surface area contributed by atoms with Gasteiger partial charge in [0.2, 0.25) is 5.91 Å². The molecule has 0 aliphatic rings. The Morgan fingerprint density at radius 1 is 0.458 bits per heavy atom. The molecular weight excluding hydrogens is 638 g/mol. The van der Waals surface area contributed by atoms with Crippen LogP contribution in [0.4, 0.5) is 0 Å². The highest BCUT2D eigenvalue weighted by Crippen LogP contribution is 2.00. The molecule has 1 amide bonds. The van der Waals surface area contributed by atoms with Gasteiger partial charge in [-0.1, -0.05) is 0 Å². The number of aliphatic hydroxyl groups is 1. The standard InChI is InChI=1S/C32H61NO15/c1-30(34)29-31(35)3-4-32(36)33-5-6-38-9-10-40-13-14-42-17-18-44-21-22-46-25-26-48-28-27-47-24-23-45-20-19-43-16-15-41-12-11-39-8-7-37-2/h29,35H,3-28H2,1-2H3,(H,33,36)/b31-29-. The molecule has 0 saturated heterocycles. The Labute approximate surface area is 285 Å². The van der Waals surface area contributed by atoms with E-state index in [1.165, 1.54) is 6.92 Å². The average molecular weight is 700 g/mol. The number of carbonyl (C=O) groups excluding carboxylic acids is 2. The van der Waals surface area contributed by atoms with Gasteiger partial charge in [-0.15, -0.1) is 0 Å². The summed E-state index contributed by atoms with van der Waals surface area (Å²) < 4.78 is 64.6. The summed E-state index contributed by atoms with van der Waals surface area (Å²) in [6.07, 6.45) is 1.34. The van der Waals surface area contributed by atoms with E-state index < -0.39 is 0 Å². The van der Waals surface area contributed by atoms with E-state index in [0.717, 1.165) is 6.08 Å². The summed E-state index contributed by atoms with van der Waals surface area (Å²) in [5.74, 6) is -0.577. The fourth-order valence-electron chi connectivity index (χ4n) is 3.34. The highest BCUT2D eigenvalue weighted by molar-refractivity contribution is 5.87. The first-order valence-electron chi connectivity index (χ1n) is 16.6. The SMILES string of the molecule is COCCOCCOCCOCCOCCOCCOCCOCCOCCOCCOCCOCCNC(=O)CC/C(O)=C/C(C)=O. The summed E-state index contributed by atoms with van der Waals surface area (Å²) in [5.41, 5.74) is 0. The monoisotopic (exact) mass is 699 g/mol. The van der Waals surface area contributed by atoms with Gasteiger partial charge in [0.15, 0.2) is 5.78 Å². The minimum absolute atomic E-state index is 0.0998. The van der Waals surface area contributed by atoms with Gasteiger partial charge in [-0.05, 0) is 6.92 Å². The molecule has 0 aromatic rings. The Hall–Kier alpha value is -1.80. The second kappa shape index (κ2) is 39.6. The van der Waals surface area contributed by atoms with Crippen LogP contribution in [0.5, 0.6) is 0 Å². The number of amides is 1. The van der Waals surface area contributed by atoms with Crippen LogP contribution in [0.25, 0.3) is 0 Å². The number of hydrogen-bond acceptors (Lipinski definition) is 15. The van der Waals surface area contributed by atoms with Gasteiger partial charge in [0.1, 0.15) is 0 Å². The lowest BCUT2D eigenvalue weighted by atomic mass is 10.2. The first-order valence-corrected chi connectivity index (χ1v) is 16.6. The molecule has 16 nitrogen and oxygen atoms in total. The van der Waals surface area contributed by atoms with Crippen molar-refractivity contribution in [3.8, 4) is 0 Å². The highest BCUT2D eigenvalue weighted by atomic mass is 16.6. The van der Waals surface area contributed by atoms with E-state index in [4.69, 9.17) is 56.8 Å². The van der Waals surface area contributed by atoms with Gasteiger partial charge < -0.3 is 67.3 Å². The topological polar surface area (TPSA) is 177 Å². The second-order valence-electron chi connectivity index (χ2n) is 9.83. The van der Waals surface area contributed by atoms with Crippen molar-refractivity contribution in [2.75, 3.05) is 166 Å². The molecule has 0 heterocycles. The highest BCUT2D eigenvalue weighted by Gasteiger charge is 2.04. The number of ether oxygens (including phenoxy) is 12. The van der Waals surface area contributed by atoms with Crippen LogP contribution in [0.15, 0.2) is 11.8 Å². The molecule has 0 unspecified atom stereocenters. The molecular formula is C32H61NO15. The van der Waals surface area contributed by atoms with Gasteiger partial charge in [-0.25, -0.2) is 0 Å². The first kappa shape index (κ1) is 46.2. The minimum Gasteiger partial charge on any atom is -0.512 e. The molecule has 0 saturated carbocycles. The Morgan fingerprint density at radius 2 is 0.729 bits per heavy atom. The van der Waals surface area contributed by atoms with E-state index in [2.05, 4.69) is 5.32 Å². The lowest BCUT2D eigenvalue weighted by Crippen LogP contribution is -2.27. The number of methoxy groups -OCH3 is 1. The number of rotatable bonds is 40. The summed E-state index contributed by atoms with van der Waals surface area (Å²) in [6, 6.07) is 0. The van der Waals surface area contributed by atoms with Crippen molar-refractivity contribution in [1.29, 1.82) is 0 Å². The van der Waals surface area contributed by atoms with Crippen LogP contribution in [0.1, 0.15) is 19.8 Å². The third-order valence-corrected chi connectivity index (χ3v) is 5.70. The zero-order valence-corrected chi connectivity index (χ0v) is 29.1. The molecule has 16 heteroatoms. The molecule has 0 atom stereocenters. The van der Waals surface area contributed by atoms with Crippen molar-refractivity contribution in [3.63, 3.8) is 0 Å². The van der Waals surface area contributed by atoms with Gasteiger partial charge in [0.05, 0.1) is 158 Å². The number of allylic oxidation sites excluding steroid dienone is 2. The van der Waals surface area contributed by atoms with Crippen molar-refractivity contribution in [3.05, 3.63) is 11.8 Å². The molecule has 0 rings (SSSR count). The minimum atomic E-state index is -0.257. The van der Waals surface area contributed by atoms with Gasteiger partial charge in [-0.2, -0.15) is 0 Å². The number of ketones is 1. The van der Waals surface area contributed by atoms with Crippen LogP contribution < -0.4 is 5.32 Å². The van der Waals surface area contributed by atoms with E-state index in [0.29, 0.717) is 159 Å². The van der Waals surface area contributed by atoms with Gasteiger partial charge in [-0.3, -0.25) is 9.59 Å². The van der Waals surface area contributed by atoms with Gasteiger partial charge >= 0.3 is 0 Å². The van der Waals surface area contributed by atoms with Gasteiger partial charge in [0, 0.05) is 32.6 Å². The largest absolute Gasteiger partial charge is 0.512 e. The molecule has 0 bridgehead atoms. The Bertz CT molecular complexity index is 730. The fraction of sp³-hybridized carbons (Fsp3) is 0.875. The number of nitrogens with one attached hydrogen (secondary N) is 1. The number of hydrogen-bond donors (Lipinski definition) is 2. The van der Waals surface area contributed by atoms with Crippen LogP contribution in [0.2, 0.25) is 0 Å². The maximum absolute atomic E-state index is 11.7. The third kappa shape index (κ3) is 40.4. The van der Waals surface area contributed by atoms with Crippen molar-refractivity contribution >= 4 is 11.7 Å². The lowest BCUT2D eigenvalue weighted by Gasteiger charge is -2.09. The van der Waals surface area contributed by atoms with Crippen LogP contribution in [-0.4, -0.2) is 182 Å². The molecule has 0 aliphatic heterocycles. The molecule has 284 valence electrons. The number of carbonyl (C=O) groups is 2. The summed E-state index contributed by atoms with van der Waals surface area (Å²) in [5, 5.41) is 12.1. The zero-order chi connectivity index (χ0) is 35.0. The molecule has 48 heavy (non-hydrogen) atoms. The predicted molar refractivity (Wildman–Crippen MR) is 175 cm³/mol. The predicted octanol–water partition coefficient (Wildman–Crippen LogP) is 0.743. The molecule has 0 radical (unpaired) electrons. The average Bonchev–Trinajstić information content (AvgIpc) is 3.07. The van der Waals surface area contributed by atoms with Crippen LogP contribution in [0, 0.1) is 0 Å². The van der Waals surface area contributed by atoms with Crippen LogP contribution in [0.3, 0.4) is 0 Å². The van der Waals surface area contributed by atoms with E-state index in [-0.39, 0.29) is 30.3 Å². The molecule has 0 aromatic carbocycles. The third-order valence-electron chi connectivity index (χ3n) is 5.70. The zero-order valence-electron chi connectivity index (χ0n) is 29.1. The Morgan fingerprint density at radius 3 is 1.00 bits per heavy atom. The molecule has 2 N–H and O–H groups in total. The normalized spacial score (nSPS) is 11.8. The summed E-state index contributed by atoms with van der Waals surface area (Å²) in [6.45, 7) is 12.9. The van der Waals surface area contributed by atoms with Crippen molar-refractivity contribution in [2.24, 2.45) is 0 Å². The van der Waals surface area contributed by atoms with Gasteiger partial charge in [0.25, 0.3) is 0 Å². The van der Waals surface area contributed by atoms with E-state index >= 15 is 0 Å². The molecule has 0 aromatic heterocycles. The lowest BCUT2D eigenvalue weighted by molar-refractivity contribution is -0.121. The maximum Gasteiger partial charge on any atom is 0.220 e. The fourth-order valence-corrected chi connectivity index (χ4v) is 3.34. The van der Waals surface area contributed by atoms with Crippen molar-refractivity contribution in [2.45, 2.75) is 19.8 Å². The van der Waals surface area contributed by atoms with Crippen LogP contribution >= 0.6 is 0 Å². The molecule has 0 aliphatic carbocycles. The van der Waals surface area contributed by atoms with E-state index in [1.54, 1.807) is 7.11 Å². The van der Waals surface area contributed by atoms with E-state index in [1.807, 2.05) is 0 Å². The van der Waals surface area contributed by atoms with Crippen LogP contribution in [-0.2, 0) is 66.4 Å². The smallest absolute Gasteiger partial charge is 0.220 e. The Balaban J connectivity index is 3.13. The van der Waals surface area contributed by atoms with E-state index in [9.17, 15) is 14.7 Å². The molecule has 0 fully saturated rings. The Kier molecular flexibility index (Phi) is 38.2. The quantitative estimate of drug-likeness (QED) is 0.0520. The maximum atomic E-state index is 11.7. The number of aliphatic hydroxyl groups excluding tert-OH is 1. The van der Waals surface area contributed by atoms with Crippen molar-refractivity contribution < 1.29 is 71.5 Å². The van der Waals surface area contributed by atoms with Crippen molar-refractivity contribution in [1.82, 2.24) is 5.32 Å². The molecule has 0 spiro atoms. The summed E-state index contributed by atoms with van der Waals surface area (Å²) in [7, 11) is 1.64. The summed E-state index contributed by atoms with van der Waals surface area (Å²) >= 11 is 0. The summed E-state index contributed by atoms with van der Waals surface area (Å²) in [4.78, 5) is 22.5.